The molecule has 1 fully saturated rings. The van der Waals surface area contributed by atoms with Gasteiger partial charge in [-0.05, 0) is 17.7 Å². The van der Waals surface area contributed by atoms with Gasteiger partial charge in [-0.3, -0.25) is 4.79 Å². The lowest BCUT2D eigenvalue weighted by molar-refractivity contribution is -0.117. The summed E-state index contributed by atoms with van der Waals surface area (Å²) in [5, 5.41) is 0. The summed E-state index contributed by atoms with van der Waals surface area (Å²) in [4.78, 5) is 13.6. The van der Waals surface area contributed by atoms with Gasteiger partial charge in [-0.15, -0.1) is 0 Å². The van der Waals surface area contributed by atoms with Crippen LogP contribution in [0.25, 0.3) is 0 Å². The van der Waals surface area contributed by atoms with Crippen molar-refractivity contribution in [1.29, 1.82) is 0 Å². The molecule has 0 saturated carbocycles. The smallest absolute Gasteiger partial charge is 0.232 e. The third-order valence-corrected chi connectivity index (χ3v) is 4.42. The maximum Gasteiger partial charge on any atom is 0.232 e. The molecule has 110 valence electrons. The highest BCUT2D eigenvalue weighted by molar-refractivity contribution is 8.13. The first-order valence-electron chi connectivity index (χ1n) is 6.19. The number of benzene rings is 1. The molecule has 1 aliphatic heterocycles. The summed E-state index contributed by atoms with van der Waals surface area (Å²) in [5.74, 6) is -0.505. The first kappa shape index (κ1) is 15.3. The van der Waals surface area contributed by atoms with E-state index in [1.54, 1.807) is 12.0 Å². The SMILES string of the molecule is COCc1cccc(N2CC(CS(=O)(=O)Cl)CC2=O)c1. The van der Waals surface area contributed by atoms with Crippen molar-refractivity contribution in [1.82, 2.24) is 0 Å². The zero-order chi connectivity index (χ0) is 14.8. The lowest BCUT2D eigenvalue weighted by Crippen LogP contribution is -2.25. The van der Waals surface area contributed by atoms with Crippen molar-refractivity contribution >= 4 is 31.3 Å². The summed E-state index contributed by atoms with van der Waals surface area (Å²) in [7, 11) is 3.27. The molecule has 2 rings (SSSR count). The number of ether oxygens (including phenoxy) is 1. The van der Waals surface area contributed by atoms with Gasteiger partial charge in [0.15, 0.2) is 0 Å². The van der Waals surface area contributed by atoms with E-state index in [4.69, 9.17) is 15.4 Å². The van der Waals surface area contributed by atoms with E-state index >= 15 is 0 Å². The molecule has 1 aromatic carbocycles. The number of methoxy groups -OCH3 is 1. The van der Waals surface area contributed by atoms with Gasteiger partial charge in [-0.2, -0.15) is 0 Å². The number of nitrogens with zero attached hydrogens (tertiary/aromatic N) is 1. The molecule has 0 aliphatic carbocycles. The topological polar surface area (TPSA) is 63.7 Å². The van der Waals surface area contributed by atoms with Crippen LogP contribution in [0.1, 0.15) is 12.0 Å². The number of halogens is 1. The van der Waals surface area contributed by atoms with E-state index < -0.39 is 9.05 Å². The Morgan fingerprint density at radius 3 is 2.85 bits per heavy atom. The zero-order valence-electron chi connectivity index (χ0n) is 11.1. The van der Waals surface area contributed by atoms with Crippen LogP contribution in [0.3, 0.4) is 0 Å². The molecule has 7 heteroatoms. The van der Waals surface area contributed by atoms with Crippen molar-refractivity contribution in [2.24, 2.45) is 5.92 Å². The molecule has 0 spiro atoms. The van der Waals surface area contributed by atoms with Gasteiger partial charge in [0.2, 0.25) is 15.0 Å². The molecule has 20 heavy (non-hydrogen) atoms. The van der Waals surface area contributed by atoms with Gasteiger partial charge in [0.05, 0.1) is 12.4 Å². The number of amides is 1. The average Bonchev–Trinajstić information content (AvgIpc) is 2.68. The van der Waals surface area contributed by atoms with Crippen LogP contribution in [0.15, 0.2) is 24.3 Å². The summed E-state index contributed by atoms with van der Waals surface area (Å²) in [6.45, 7) is 0.844. The van der Waals surface area contributed by atoms with Gasteiger partial charge in [-0.25, -0.2) is 8.42 Å². The summed E-state index contributed by atoms with van der Waals surface area (Å²) in [5.41, 5.74) is 1.73. The average molecular weight is 318 g/mol. The Morgan fingerprint density at radius 2 is 2.20 bits per heavy atom. The molecule has 5 nitrogen and oxygen atoms in total. The minimum Gasteiger partial charge on any atom is -0.380 e. The lowest BCUT2D eigenvalue weighted by Gasteiger charge is -2.17. The third kappa shape index (κ3) is 3.94. The molecular weight excluding hydrogens is 302 g/mol. The largest absolute Gasteiger partial charge is 0.380 e. The fourth-order valence-corrected chi connectivity index (χ4v) is 3.73. The van der Waals surface area contributed by atoms with E-state index in [0.717, 1.165) is 11.3 Å². The summed E-state index contributed by atoms with van der Waals surface area (Å²) < 4.78 is 27.3. The maximum absolute atomic E-state index is 12.0. The molecule has 0 radical (unpaired) electrons. The highest BCUT2D eigenvalue weighted by Crippen LogP contribution is 2.27. The minimum absolute atomic E-state index is 0.0788. The van der Waals surface area contributed by atoms with Gasteiger partial charge in [0.25, 0.3) is 0 Å². The van der Waals surface area contributed by atoms with Gasteiger partial charge in [0, 0.05) is 42.4 Å². The van der Waals surface area contributed by atoms with E-state index in [0.29, 0.717) is 13.2 Å². The van der Waals surface area contributed by atoms with Crippen molar-refractivity contribution in [2.45, 2.75) is 13.0 Å². The van der Waals surface area contributed by atoms with E-state index in [1.807, 2.05) is 24.3 Å². The third-order valence-electron chi connectivity index (χ3n) is 3.17. The van der Waals surface area contributed by atoms with Crippen LogP contribution in [0, 0.1) is 5.92 Å². The van der Waals surface area contributed by atoms with Crippen LogP contribution in [-0.2, 0) is 25.2 Å². The summed E-state index contributed by atoms with van der Waals surface area (Å²) in [6.07, 6.45) is 0.209. The highest BCUT2D eigenvalue weighted by Gasteiger charge is 2.33. The highest BCUT2D eigenvalue weighted by atomic mass is 35.7. The van der Waals surface area contributed by atoms with Crippen LogP contribution in [-0.4, -0.2) is 33.7 Å². The van der Waals surface area contributed by atoms with Gasteiger partial charge < -0.3 is 9.64 Å². The Kier molecular flexibility index (Phi) is 4.67. The number of carbonyl (C=O) groups is 1. The van der Waals surface area contributed by atoms with Gasteiger partial charge in [-0.1, -0.05) is 12.1 Å². The standard InChI is InChI=1S/C13H16ClNO4S/c1-19-8-10-3-2-4-12(5-10)15-7-11(6-13(15)16)9-20(14,17)18/h2-5,11H,6-9H2,1H3. The number of carbonyl (C=O) groups excluding carboxylic acids is 1. The molecule has 0 bridgehead atoms. The van der Waals surface area contributed by atoms with Gasteiger partial charge >= 0.3 is 0 Å². The Morgan fingerprint density at radius 1 is 1.45 bits per heavy atom. The minimum atomic E-state index is -3.58. The van der Waals surface area contributed by atoms with Crippen LogP contribution in [0.2, 0.25) is 0 Å². The molecule has 1 amide bonds. The summed E-state index contributed by atoms with van der Waals surface area (Å²) in [6, 6.07) is 7.46. The van der Waals surface area contributed by atoms with Crippen LogP contribution in [0.4, 0.5) is 5.69 Å². The fraction of sp³-hybridized carbons (Fsp3) is 0.462. The van der Waals surface area contributed by atoms with E-state index in [-0.39, 0.29) is 24.0 Å². The quantitative estimate of drug-likeness (QED) is 0.776. The number of hydrogen-bond donors (Lipinski definition) is 0. The Labute approximate surface area is 122 Å². The van der Waals surface area contributed by atoms with Crippen LogP contribution >= 0.6 is 10.7 Å². The summed E-state index contributed by atoms with van der Waals surface area (Å²) >= 11 is 0. The first-order valence-corrected chi connectivity index (χ1v) is 8.67. The first-order chi connectivity index (χ1) is 9.39. The van der Waals surface area contributed by atoms with Crippen molar-refractivity contribution in [3.8, 4) is 0 Å². The molecule has 1 unspecified atom stereocenters. The van der Waals surface area contributed by atoms with E-state index in [9.17, 15) is 13.2 Å². The Bertz CT molecular complexity index is 602. The Balaban J connectivity index is 2.13. The lowest BCUT2D eigenvalue weighted by atomic mass is 10.1. The van der Waals surface area contributed by atoms with Crippen LogP contribution in [0.5, 0.6) is 0 Å². The number of rotatable bonds is 5. The molecule has 1 aliphatic rings. The maximum atomic E-state index is 12.0. The second-order valence-corrected chi connectivity index (χ2v) is 7.70. The monoisotopic (exact) mass is 317 g/mol. The Hall–Kier alpha value is -1.11. The number of anilines is 1. The van der Waals surface area contributed by atoms with E-state index in [1.165, 1.54) is 0 Å². The van der Waals surface area contributed by atoms with Crippen molar-refractivity contribution in [3.05, 3.63) is 29.8 Å². The molecule has 0 N–H and O–H groups in total. The molecule has 1 atom stereocenters. The van der Waals surface area contributed by atoms with Gasteiger partial charge in [0.1, 0.15) is 0 Å². The molecule has 1 saturated heterocycles. The fourth-order valence-electron chi connectivity index (χ4n) is 2.41. The van der Waals surface area contributed by atoms with Crippen LogP contribution < -0.4 is 4.90 Å². The second kappa shape index (κ2) is 6.11. The van der Waals surface area contributed by atoms with Crippen molar-refractivity contribution in [3.63, 3.8) is 0 Å². The predicted molar refractivity (Wildman–Crippen MR) is 77.3 cm³/mol. The molecule has 1 aromatic rings. The second-order valence-electron chi connectivity index (χ2n) is 4.88. The number of hydrogen-bond acceptors (Lipinski definition) is 4. The molecule has 0 aromatic heterocycles. The van der Waals surface area contributed by atoms with E-state index in [2.05, 4.69) is 0 Å². The predicted octanol–water partition coefficient (Wildman–Crippen LogP) is 1.75. The molecular formula is C13H16ClNO4S. The van der Waals surface area contributed by atoms with Crippen molar-refractivity contribution in [2.75, 3.05) is 24.3 Å². The van der Waals surface area contributed by atoms with Crippen molar-refractivity contribution < 1.29 is 17.9 Å². The normalized spacial score (nSPS) is 19.6. The molecule has 1 heterocycles. The zero-order valence-corrected chi connectivity index (χ0v) is 12.7.